The molecule has 1 aliphatic rings. The maximum atomic E-state index is 4.95. The van der Waals surface area contributed by atoms with Crippen LogP contribution in [0.4, 0.5) is 0 Å². The summed E-state index contributed by atoms with van der Waals surface area (Å²) in [7, 11) is 0. The van der Waals surface area contributed by atoms with Gasteiger partial charge in [-0.25, -0.2) is 0 Å². The number of allylic oxidation sites excluding steroid dienone is 1. The zero-order valence-corrected chi connectivity index (χ0v) is 17.0. The van der Waals surface area contributed by atoms with Gasteiger partial charge in [0.2, 0.25) is 0 Å². The van der Waals surface area contributed by atoms with Crippen molar-refractivity contribution < 1.29 is 0 Å². The second-order valence-electron chi connectivity index (χ2n) is 7.32. The van der Waals surface area contributed by atoms with Crippen molar-refractivity contribution in [3.8, 4) is 0 Å². The van der Waals surface area contributed by atoms with Crippen molar-refractivity contribution in [3.63, 3.8) is 0 Å². The van der Waals surface area contributed by atoms with E-state index in [0.717, 1.165) is 38.2 Å². The van der Waals surface area contributed by atoms with Crippen molar-refractivity contribution in [1.29, 1.82) is 0 Å². The van der Waals surface area contributed by atoms with Gasteiger partial charge in [-0.2, -0.15) is 0 Å². The van der Waals surface area contributed by atoms with Crippen molar-refractivity contribution in [1.82, 2.24) is 10.2 Å². The summed E-state index contributed by atoms with van der Waals surface area (Å²) < 4.78 is 0. The molecule has 1 fully saturated rings. The van der Waals surface area contributed by atoms with E-state index in [9.17, 15) is 0 Å². The Labute approximate surface area is 159 Å². The summed E-state index contributed by atoms with van der Waals surface area (Å²) in [6.45, 7) is 16.0. The molecule has 142 valence electrons. The Kier molecular flexibility index (Phi) is 8.11. The monoisotopic (exact) mass is 353 g/mol. The molecule has 3 nitrogen and oxygen atoms in total. The molecule has 0 spiro atoms. The number of aliphatic imine (C=N–C) groups is 1. The standard InChI is InChI=1S/C23H35N3/c1-6-18(2)23(25-21(5)22-12-8-7-9-13-22)14-15-24-17-20(4)26-16-10-11-19(26)3/h7-9,12-13,19,24H,4,6,10-11,14-17H2,1-3,5H3/b23-18-,25-21?. The van der Waals surface area contributed by atoms with E-state index < -0.39 is 0 Å². The molecule has 1 atom stereocenters. The molecule has 1 saturated heterocycles. The van der Waals surface area contributed by atoms with Crippen LogP contribution in [0.1, 0.15) is 58.9 Å². The lowest BCUT2D eigenvalue weighted by molar-refractivity contribution is 0.331. The van der Waals surface area contributed by atoms with Gasteiger partial charge in [-0.3, -0.25) is 4.99 Å². The van der Waals surface area contributed by atoms with E-state index in [1.165, 1.54) is 35.4 Å². The van der Waals surface area contributed by atoms with Crippen LogP contribution in [0, 0.1) is 0 Å². The quantitative estimate of drug-likeness (QED) is 0.491. The van der Waals surface area contributed by atoms with E-state index >= 15 is 0 Å². The van der Waals surface area contributed by atoms with Crippen molar-refractivity contribution in [2.45, 2.75) is 59.4 Å². The summed E-state index contributed by atoms with van der Waals surface area (Å²) in [6, 6.07) is 11.1. The molecule has 0 saturated carbocycles. The molecule has 0 bridgehead atoms. The zero-order valence-electron chi connectivity index (χ0n) is 17.0. The number of nitrogens with zero attached hydrogens (tertiary/aromatic N) is 2. The van der Waals surface area contributed by atoms with Gasteiger partial charge in [-0.1, -0.05) is 49.4 Å². The van der Waals surface area contributed by atoms with E-state index in [2.05, 4.69) is 68.8 Å². The molecule has 26 heavy (non-hydrogen) atoms. The molecule has 1 aromatic carbocycles. The molecule has 3 heteroatoms. The molecule has 2 rings (SSSR count). The SMILES string of the molecule is C=C(CNCC/C(N=C(C)c1ccccc1)=C(\C)CC)N1CCCC1C. The van der Waals surface area contributed by atoms with Gasteiger partial charge in [0, 0.05) is 49.2 Å². The van der Waals surface area contributed by atoms with Crippen molar-refractivity contribution >= 4 is 5.71 Å². The molecule has 0 radical (unpaired) electrons. The van der Waals surface area contributed by atoms with Crippen molar-refractivity contribution in [2.75, 3.05) is 19.6 Å². The fourth-order valence-corrected chi connectivity index (χ4v) is 3.46. The second-order valence-corrected chi connectivity index (χ2v) is 7.32. The molecule has 1 aliphatic heterocycles. The number of rotatable bonds is 9. The predicted molar refractivity (Wildman–Crippen MR) is 114 cm³/mol. The van der Waals surface area contributed by atoms with Crippen LogP contribution in [-0.4, -0.2) is 36.3 Å². The van der Waals surface area contributed by atoms with Crippen LogP contribution in [0.25, 0.3) is 0 Å². The van der Waals surface area contributed by atoms with E-state index in [1.807, 2.05) is 6.07 Å². The van der Waals surface area contributed by atoms with Crippen LogP contribution in [0.2, 0.25) is 0 Å². The summed E-state index contributed by atoms with van der Waals surface area (Å²) in [5.74, 6) is 0. The second kappa shape index (κ2) is 10.3. The van der Waals surface area contributed by atoms with Crippen LogP contribution >= 0.6 is 0 Å². The highest BCUT2D eigenvalue weighted by Crippen LogP contribution is 2.20. The maximum Gasteiger partial charge on any atom is 0.0448 e. The van der Waals surface area contributed by atoms with Crippen LogP contribution in [0.3, 0.4) is 0 Å². The summed E-state index contributed by atoms with van der Waals surface area (Å²) in [5, 5.41) is 3.56. The number of likely N-dealkylation sites (tertiary alicyclic amines) is 1. The van der Waals surface area contributed by atoms with Gasteiger partial charge < -0.3 is 10.2 Å². The van der Waals surface area contributed by atoms with Gasteiger partial charge in [0.1, 0.15) is 0 Å². The molecule has 1 unspecified atom stereocenters. The zero-order chi connectivity index (χ0) is 18.9. The van der Waals surface area contributed by atoms with Gasteiger partial charge >= 0.3 is 0 Å². The van der Waals surface area contributed by atoms with E-state index in [0.29, 0.717) is 6.04 Å². The normalized spacial score (nSPS) is 18.8. The van der Waals surface area contributed by atoms with Gasteiger partial charge in [-0.15, -0.1) is 0 Å². The smallest absolute Gasteiger partial charge is 0.0448 e. The molecule has 1 heterocycles. The number of hydrogen-bond acceptors (Lipinski definition) is 3. The summed E-state index contributed by atoms with van der Waals surface area (Å²) >= 11 is 0. The first-order valence-electron chi connectivity index (χ1n) is 9.97. The Morgan fingerprint density at radius 3 is 2.62 bits per heavy atom. The van der Waals surface area contributed by atoms with Crippen LogP contribution in [0.5, 0.6) is 0 Å². The highest BCUT2D eigenvalue weighted by atomic mass is 15.2. The lowest BCUT2D eigenvalue weighted by atomic mass is 10.1. The van der Waals surface area contributed by atoms with Gasteiger partial charge in [0.05, 0.1) is 0 Å². The maximum absolute atomic E-state index is 4.95. The molecule has 0 amide bonds. The minimum absolute atomic E-state index is 0.639. The Balaban J connectivity index is 1.90. The fraction of sp³-hybridized carbons (Fsp3) is 0.522. The highest BCUT2D eigenvalue weighted by molar-refractivity contribution is 5.99. The Bertz CT molecular complexity index is 643. The van der Waals surface area contributed by atoms with E-state index in [-0.39, 0.29) is 0 Å². The van der Waals surface area contributed by atoms with Gasteiger partial charge in [0.15, 0.2) is 0 Å². The highest BCUT2D eigenvalue weighted by Gasteiger charge is 2.20. The Hall–Kier alpha value is -1.87. The Morgan fingerprint density at radius 2 is 2.00 bits per heavy atom. The van der Waals surface area contributed by atoms with Crippen LogP contribution in [-0.2, 0) is 0 Å². The largest absolute Gasteiger partial charge is 0.372 e. The predicted octanol–water partition coefficient (Wildman–Crippen LogP) is 5.16. The topological polar surface area (TPSA) is 27.6 Å². The first-order chi connectivity index (χ1) is 12.5. The lowest BCUT2D eigenvalue weighted by Gasteiger charge is -2.26. The molecule has 0 aromatic heterocycles. The summed E-state index contributed by atoms with van der Waals surface area (Å²) in [4.78, 5) is 7.39. The van der Waals surface area contributed by atoms with Crippen molar-refractivity contribution in [2.24, 2.45) is 4.99 Å². The third-order valence-corrected chi connectivity index (χ3v) is 5.34. The first-order valence-corrected chi connectivity index (χ1v) is 9.97. The first kappa shape index (κ1) is 20.4. The van der Waals surface area contributed by atoms with Crippen LogP contribution in [0.15, 0.2) is 58.9 Å². The van der Waals surface area contributed by atoms with Gasteiger partial charge in [0.25, 0.3) is 0 Å². The lowest BCUT2D eigenvalue weighted by Crippen LogP contribution is -2.32. The summed E-state index contributed by atoms with van der Waals surface area (Å²) in [6.07, 6.45) is 4.57. The summed E-state index contributed by atoms with van der Waals surface area (Å²) in [5.41, 5.74) is 6.08. The molecular formula is C23H35N3. The Morgan fingerprint density at radius 1 is 1.27 bits per heavy atom. The number of nitrogens with one attached hydrogen (secondary N) is 1. The number of benzene rings is 1. The minimum atomic E-state index is 0.639. The van der Waals surface area contributed by atoms with E-state index in [4.69, 9.17) is 4.99 Å². The fourth-order valence-electron chi connectivity index (χ4n) is 3.46. The molecule has 0 aliphatic carbocycles. The average molecular weight is 354 g/mol. The molecule has 1 N–H and O–H groups in total. The van der Waals surface area contributed by atoms with Gasteiger partial charge in [-0.05, 0) is 45.6 Å². The average Bonchev–Trinajstić information content (AvgIpc) is 3.10. The molecular weight excluding hydrogens is 318 g/mol. The van der Waals surface area contributed by atoms with Crippen LogP contribution < -0.4 is 5.32 Å². The molecule has 1 aromatic rings. The third kappa shape index (κ3) is 5.84. The van der Waals surface area contributed by atoms with E-state index in [1.54, 1.807) is 0 Å². The third-order valence-electron chi connectivity index (χ3n) is 5.34. The number of hydrogen-bond donors (Lipinski definition) is 1. The minimum Gasteiger partial charge on any atom is -0.372 e. The van der Waals surface area contributed by atoms with Crippen molar-refractivity contribution in [3.05, 3.63) is 59.4 Å².